The third kappa shape index (κ3) is 4.76. The van der Waals surface area contributed by atoms with Crippen molar-refractivity contribution in [3.8, 4) is 11.5 Å². The minimum Gasteiger partial charge on any atom is -0.494 e. The van der Waals surface area contributed by atoms with Crippen LogP contribution in [0.4, 0.5) is 0 Å². The van der Waals surface area contributed by atoms with Gasteiger partial charge in [-0.15, -0.1) is 0 Å². The SMILES string of the molecule is CCOc1cccc(OC(CC)CC(=O)O)c1. The number of rotatable bonds is 7. The fourth-order valence-electron chi connectivity index (χ4n) is 1.46. The molecule has 94 valence electrons. The molecule has 0 radical (unpaired) electrons. The van der Waals surface area contributed by atoms with Crippen molar-refractivity contribution < 1.29 is 19.4 Å². The average molecular weight is 238 g/mol. The predicted molar refractivity (Wildman–Crippen MR) is 64.6 cm³/mol. The summed E-state index contributed by atoms with van der Waals surface area (Å²) in [5.41, 5.74) is 0. The second-order valence-electron chi connectivity index (χ2n) is 3.65. The Morgan fingerprint density at radius 1 is 1.35 bits per heavy atom. The van der Waals surface area contributed by atoms with Crippen molar-refractivity contribution in [2.75, 3.05) is 6.61 Å². The van der Waals surface area contributed by atoms with E-state index in [2.05, 4.69) is 0 Å². The molecule has 1 rings (SSSR count). The van der Waals surface area contributed by atoms with Crippen molar-refractivity contribution in [1.82, 2.24) is 0 Å². The Labute approximate surface area is 101 Å². The van der Waals surface area contributed by atoms with Gasteiger partial charge in [-0.05, 0) is 25.5 Å². The van der Waals surface area contributed by atoms with E-state index >= 15 is 0 Å². The zero-order valence-corrected chi connectivity index (χ0v) is 10.2. The summed E-state index contributed by atoms with van der Waals surface area (Å²) in [5, 5.41) is 8.73. The maximum atomic E-state index is 10.6. The van der Waals surface area contributed by atoms with Gasteiger partial charge in [-0.3, -0.25) is 4.79 Å². The molecule has 1 aromatic rings. The maximum absolute atomic E-state index is 10.6. The summed E-state index contributed by atoms with van der Waals surface area (Å²) in [6.45, 7) is 4.41. The minimum atomic E-state index is -0.849. The number of hydrogen-bond acceptors (Lipinski definition) is 3. The number of carboxylic acids is 1. The molecule has 0 saturated carbocycles. The molecule has 0 saturated heterocycles. The molecule has 4 nitrogen and oxygen atoms in total. The first-order chi connectivity index (χ1) is 8.15. The molecular weight excluding hydrogens is 220 g/mol. The van der Waals surface area contributed by atoms with Gasteiger partial charge in [0.2, 0.25) is 0 Å². The van der Waals surface area contributed by atoms with Crippen molar-refractivity contribution in [3.05, 3.63) is 24.3 Å². The van der Waals surface area contributed by atoms with Crippen LogP contribution >= 0.6 is 0 Å². The summed E-state index contributed by atoms with van der Waals surface area (Å²) in [6.07, 6.45) is 0.366. The quantitative estimate of drug-likeness (QED) is 0.793. The first-order valence-corrected chi connectivity index (χ1v) is 5.77. The second kappa shape index (κ2) is 6.78. The highest BCUT2D eigenvalue weighted by Crippen LogP contribution is 2.21. The van der Waals surface area contributed by atoms with Gasteiger partial charge >= 0.3 is 5.97 Å². The molecule has 0 amide bonds. The zero-order chi connectivity index (χ0) is 12.7. The van der Waals surface area contributed by atoms with E-state index < -0.39 is 5.97 Å². The molecule has 4 heteroatoms. The van der Waals surface area contributed by atoms with Crippen LogP contribution in [-0.2, 0) is 4.79 Å². The maximum Gasteiger partial charge on any atom is 0.307 e. The molecule has 0 spiro atoms. The number of ether oxygens (including phenoxy) is 2. The van der Waals surface area contributed by atoms with Crippen LogP contribution in [0.15, 0.2) is 24.3 Å². The molecule has 1 aromatic carbocycles. The fourth-order valence-corrected chi connectivity index (χ4v) is 1.46. The van der Waals surface area contributed by atoms with Crippen LogP contribution in [-0.4, -0.2) is 23.8 Å². The van der Waals surface area contributed by atoms with Gasteiger partial charge in [-0.25, -0.2) is 0 Å². The van der Waals surface area contributed by atoms with Gasteiger partial charge in [0.15, 0.2) is 0 Å². The third-order valence-electron chi connectivity index (χ3n) is 2.28. The highest BCUT2D eigenvalue weighted by atomic mass is 16.5. The van der Waals surface area contributed by atoms with Gasteiger partial charge in [0, 0.05) is 6.07 Å². The molecule has 17 heavy (non-hydrogen) atoms. The number of benzene rings is 1. The Morgan fingerprint density at radius 2 is 2.06 bits per heavy atom. The van der Waals surface area contributed by atoms with Crippen molar-refractivity contribution in [2.45, 2.75) is 32.8 Å². The Balaban J connectivity index is 2.65. The van der Waals surface area contributed by atoms with E-state index in [1.54, 1.807) is 12.1 Å². The van der Waals surface area contributed by atoms with Gasteiger partial charge in [0.1, 0.15) is 17.6 Å². The van der Waals surface area contributed by atoms with E-state index in [1.807, 2.05) is 26.0 Å². The van der Waals surface area contributed by atoms with Crippen LogP contribution in [0.2, 0.25) is 0 Å². The minimum absolute atomic E-state index is 0.00929. The number of aliphatic carboxylic acids is 1. The van der Waals surface area contributed by atoms with Crippen LogP contribution in [0.1, 0.15) is 26.7 Å². The largest absolute Gasteiger partial charge is 0.494 e. The second-order valence-corrected chi connectivity index (χ2v) is 3.65. The lowest BCUT2D eigenvalue weighted by atomic mass is 10.2. The van der Waals surface area contributed by atoms with Crippen LogP contribution in [0.3, 0.4) is 0 Å². The van der Waals surface area contributed by atoms with Crippen molar-refractivity contribution >= 4 is 5.97 Å². The first-order valence-electron chi connectivity index (χ1n) is 5.77. The Kier molecular flexibility index (Phi) is 5.33. The van der Waals surface area contributed by atoms with E-state index in [0.29, 0.717) is 18.8 Å². The highest BCUT2D eigenvalue weighted by Gasteiger charge is 2.12. The monoisotopic (exact) mass is 238 g/mol. The summed E-state index contributed by atoms with van der Waals surface area (Å²) in [5.74, 6) is 0.525. The molecule has 0 bridgehead atoms. The lowest BCUT2D eigenvalue weighted by molar-refractivity contribution is -0.138. The van der Waals surface area contributed by atoms with E-state index in [4.69, 9.17) is 14.6 Å². The number of hydrogen-bond donors (Lipinski definition) is 1. The molecule has 1 N–H and O–H groups in total. The molecular formula is C13H18O4. The lowest BCUT2D eigenvalue weighted by Gasteiger charge is -2.16. The molecule has 1 atom stereocenters. The highest BCUT2D eigenvalue weighted by molar-refractivity contribution is 5.67. The average Bonchev–Trinajstić information content (AvgIpc) is 2.28. The molecule has 0 aromatic heterocycles. The van der Waals surface area contributed by atoms with Gasteiger partial charge < -0.3 is 14.6 Å². The van der Waals surface area contributed by atoms with Crippen molar-refractivity contribution in [3.63, 3.8) is 0 Å². The molecule has 0 aliphatic rings. The predicted octanol–water partition coefficient (Wildman–Crippen LogP) is 2.72. The summed E-state index contributed by atoms with van der Waals surface area (Å²) in [4.78, 5) is 10.6. The smallest absolute Gasteiger partial charge is 0.307 e. The number of carboxylic acid groups (broad SMARTS) is 1. The summed E-state index contributed by atoms with van der Waals surface area (Å²) < 4.78 is 10.9. The molecule has 0 fully saturated rings. The topological polar surface area (TPSA) is 55.8 Å². The standard InChI is InChI=1S/C13H18O4/c1-3-10(9-13(14)15)17-12-7-5-6-11(8-12)16-4-2/h5-8,10H,3-4,9H2,1-2H3,(H,14,15). The summed E-state index contributed by atoms with van der Waals surface area (Å²) in [6, 6.07) is 7.24. The fraction of sp³-hybridized carbons (Fsp3) is 0.462. The Bertz CT molecular complexity index is 362. The summed E-state index contributed by atoms with van der Waals surface area (Å²) in [7, 11) is 0. The first kappa shape index (κ1) is 13.4. The number of carbonyl (C=O) groups is 1. The van der Waals surface area contributed by atoms with E-state index in [0.717, 1.165) is 5.75 Å². The van der Waals surface area contributed by atoms with Crippen molar-refractivity contribution in [2.24, 2.45) is 0 Å². The van der Waals surface area contributed by atoms with E-state index in [1.165, 1.54) is 0 Å². The Hall–Kier alpha value is -1.71. The van der Waals surface area contributed by atoms with E-state index in [9.17, 15) is 4.79 Å². The third-order valence-corrected chi connectivity index (χ3v) is 2.28. The van der Waals surface area contributed by atoms with Gasteiger partial charge in [0.05, 0.1) is 13.0 Å². The molecule has 0 aliphatic heterocycles. The van der Waals surface area contributed by atoms with Gasteiger partial charge in [0.25, 0.3) is 0 Å². The molecule has 0 heterocycles. The normalized spacial score (nSPS) is 11.9. The zero-order valence-electron chi connectivity index (χ0n) is 10.2. The molecule has 1 unspecified atom stereocenters. The lowest BCUT2D eigenvalue weighted by Crippen LogP contribution is -2.19. The summed E-state index contributed by atoms with van der Waals surface area (Å²) >= 11 is 0. The van der Waals surface area contributed by atoms with Crippen LogP contribution in [0.25, 0.3) is 0 Å². The molecule has 0 aliphatic carbocycles. The van der Waals surface area contributed by atoms with Crippen LogP contribution in [0.5, 0.6) is 11.5 Å². The van der Waals surface area contributed by atoms with Crippen molar-refractivity contribution in [1.29, 1.82) is 0 Å². The van der Waals surface area contributed by atoms with Crippen LogP contribution < -0.4 is 9.47 Å². The van der Waals surface area contributed by atoms with Gasteiger partial charge in [-0.2, -0.15) is 0 Å². The van der Waals surface area contributed by atoms with Crippen LogP contribution in [0, 0.1) is 0 Å². The van der Waals surface area contributed by atoms with Gasteiger partial charge in [-0.1, -0.05) is 13.0 Å². The van der Waals surface area contributed by atoms with E-state index in [-0.39, 0.29) is 12.5 Å². The Morgan fingerprint density at radius 3 is 2.65 bits per heavy atom.